The number of ether oxygens (including phenoxy) is 1. The van der Waals surface area contributed by atoms with E-state index in [1.807, 2.05) is 0 Å². The lowest BCUT2D eigenvalue weighted by Crippen LogP contribution is -2.76. The molecule has 368 valence electrons. The normalized spacial score (nSPS) is 17.0. The van der Waals surface area contributed by atoms with Crippen LogP contribution in [0.3, 0.4) is 0 Å². The van der Waals surface area contributed by atoms with Gasteiger partial charge in [0.25, 0.3) is 0 Å². The number of halogens is 38. The molecule has 0 radical (unpaired) electrons. The van der Waals surface area contributed by atoms with E-state index < -0.39 is 133 Å². The fraction of sp³-hybridized carbons (Fsp3) is 1.00. The number of hydrogen-bond acceptors (Lipinski definition) is 1. The van der Waals surface area contributed by atoms with E-state index in [-0.39, 0.29) is 0 Å². The van der Waals surface area contributed by atoms with Gasteiger partial charge in [-0.1, -0.05) is 0 Å². The van der Waals surface area contributed by atoms with E-state index in [0.29, 0.717) is 0 Å². The monoisotopic (exact) mass is 1010 g/mol. The van der Waals surface area contributed by atoms with Gasteiger partial charge >= 0.3 is 107 Å². The molecule has 39 heteroatoms. The molecule has 0 fully saturated rings. The molecule has 0 amide bonds. The van der Waals surface area contributed by atoms with Crippen LogP contribution in [0.1, 0.15) is 12.8 Å². The molecule has 0 atom stereocenters. The molecule has 0 aliphatic rings. The highest BCUT2D eigenvalue weighted by Crippen LogP contribution is 2.67. The van der Waals surface area contributed by atoms with E-state index in [4.69, 9.17) is 0 Å². The van der Waals surface area contributed by atoms with Gasteiger partial charge in [0.1, 0.15) is 0 Å². The third-order valence-electron chi connectivity index (χ3n) is 7.48. The molecule has 0 aromatic rings. The van der Waals surface area contributed by atoms with Gasteiger partial charge < -0.3 is 4.74 Å². The molecule has 0 unspecified atom stereocenters. The van der Waals surface area contributed by atoms with Gasteiger partial charge in [0.05, 0.1) is 13.2 Å². The average molecular weight is 1010 g/mol. The Morgan fingerprint density at radius 2 is 0.311 bits per heavy atom. The Morgan fingerprint density at radius 1 is 0.180 bits per heavy atom. The van der Waals surface area contributed by atoms with Crippen LogP contribution in [0.15, 0.2) is 0 Å². The molecule has 0 saturated heterocycles. The van der Waals surface area contributed by atoms with Gasteiger partial charge in [-0.05, 0) is 0 Å². The van der Waals surface area contributed by atoms with Gasteiger partial charge in [-0.25, -0.2) is 0 Å². The third-order valence-corrected chi connectivity index (χ3v) is 7.48. The molecule has 0 rings (SSSR count). The first-order chi connectivity index (χ1) is 25.7. The van der Waals surface area contributed by atoms with Crippen molar-refractivity contribution in [3.05, 3.63) is 0 Å². The highest BCUT2D eigenvalue weighted by Gasteiger charge is 2.98. The second kappa shape index (κ2) is 14.9. The Hall–Kier alpha value is -2.70. The Bertz CT molecular complexity index is 1520. The van der Waals surface area contributed by atoms with Crippen molar-refractivity contribution in [1.29, 1.82) is 0 Å². The predicted octanol–water partition coefficient (Wildman–Crippen LogP) is 13.1. The number of hydrogen-bond donors (Lipinski definition) is 0. The maximum absolute atomic E-state index is 13.9. The van der Waals surface area contributed by atoms with Crippen molar-refractivity contribution in [2.24, 2.45) is 0 Å². The van der Waals surface area contributed by atoms with E-state index in [0.717, 1.165) is 0 Å². The summed E-state index contributed by atoms with van der Waals surface area (Å²) in [6.07, 6.45) is -24.0. The van der Waals surface area contributed by atoms with Crippen molar-refractivity contribution in [3.8, 4) is 0 Å². The van der Waals surface area contributed by atoms with Gasteiger partial charge in [-0.3, -0.25) is 0 Å². The zero-order valence-corrected chi connectivity index (χ0v) is 26.6. The molecule has 0 aromatic carbocycles. The summed E-state index contributed by atoms with van der Waals surface area (Å²) in [5.74, 6) is -142. The second-order valence-electron chi connectivity index (χ2n) is 11.6. The summed E-state index contributed by atoms with van der Waals surface area (Å²) in [6.45, 7) is -6.13. The Kier molecular flexibility index (Phi) is 14.3. The van der Waals surface area contributed by atoms with Crippen LogP contribution in [0.4, 0.5) is 167 Å². The van der Waals surface area contributed by atoms with Crippen LogP contribution < -0.4 is 0 Å². The molecule has 0 saturated carbocycles. The lowest BCUT2D eigenvalue weighted by molar-refractivity contribution is -0.474. The Labute approximate surface area is 306 Å². The van der Waals surface area contributed by atoms with E-state index in [1.165, 1.54) is 0 Å². The maximum Gasteiger partial charge on any atom is 0.460 e. The quantitative estimate of drug-likeness (QED) is 0.0872. The van der Waals surface area contributed by atoms with E-state index in [1.54, 1.807) is 0 Å². The molecular weight excluding hydrogens is 1000 g/mol. The van der Waals surface area contributed by atoms with Crippen molar-refractivity contribution >= 4 is 0 Å². The average Bonchev–Trinajstić information content (AvgIpc) is 3.01. The van der Waals surface area contributed by atoms with Crippen LogP contribution in [0, 0.1) is 0 Å². The third kappa shape index (κ3) is 7.65. The van der Waals surface area contributed by atoms with E-state index in [9.17, 15) is 167 Å². The standard InChI is InChI=1S/C22H8F38O/c23-5(24,7(27,28)9(31,32)11(35,36)13(39,40)14(41,42)16(45,46)18(49,50)20(53,54)22(58,59)60)1-3-61-4-2-6(25,26)8(29,30)10(33,34)12(37,38)15(43,44)17(47,48)19(51,52)21(55,56)57/h1-4H2. The molecule has 0 aliphatic carbocycles. The molecular formula is C22H8F38O. The molecule has 0 bridgehead atoms. The number of alkyl halides is 38. The van der Waals surface area contributed by atoms with Gasteiger partial charge in [-0.2, -0.15) is 167 Å². The minimum absolute atomic E-state index is 3.05. The molecule has 61 heavy (non-hydrogen) atoms. The molecule has 0 spiro atoms. The summed E-state index contributed by atoms with van der Waals surface area (Å²) >= 11 is 0. The summed E-state index contributed by atoms with van der Waals surface area (Å²) in [7, 11) is 0. The first kappa shape index (κ1) is 58.3. The topological polar surface area (TPSA) is 9.23 Å². The van der Waals surface area contributed by atoms with Crippen LogP contribution in [0.5, 0.6) is 0 Å². The SMILES string of the molecule is FC(F)(F)C(F)(F)C(F)(F)C(F)(F)C(F)(F)C(F)(F)C(F)(F)C(F)(F)CCOCCC(F)(F)C(F)(F)C(F)(F)C(F)(F)C(F)(F)C(F)(F)C(F)(F)C(F)(F)C(F)(F)C(F)(F)F. The van der Waals surface area contributed by atoms with Gasteiger partial charge in [-0.15, -0.1) is 0 Å². The minimum atomic E-state index is -9.61. The van der Waals surface area contributed by atoms with Crippen LogP contribution >= 0.6 is 0 Å². The lowest BCUT2D eigenvalue weighted by Gasteiger charge is -2.44. The lowest BCUT2D eigenvalue weighted by atomic mass is 9.86. The highest BCUT2D eigenvalue weighted by atomic mass is 19.4. The summed E-state index contributed by atoms with van der Waals surface area (Å²) < 4.78 is 508. The molecule has 0 aromatic heterocycles. The van der Waals surface area contributed by atoms with Crippen LogP contribution in [-0.4, -0.2) is 120 Å². The van der Waals surface area contributed by atoms with Crippen LogP contribution in [0.25, 0.3) is 0 Å². The largest absolute Gasteiger partial charge is 0.460 e. The van der Waals surface area contributed by atoms with Gasteiger partial charge in [0.15, 0.2) is 0 Å². The molecule has 0 N–H and O–H groups in total. The van der Waals surface area contributed by atoms with Crippen LogP contribution in [0.2, 0.25) is 0 Å². The maximum atomic E-state index is 13.9. The zero-order valence-electron chi connectivity index (χ0n) is 26.6. The van der Waals surface area contributed by atoms with Crippen molar-refractivity contribution in [1.82, 2.24) is 0 Å². The first-order valence-corrected chi connectivity index (χ1v) is 13.5. The van der Waals surface area contributed by atoms with Gasteiger partial charge in [0, 0.05) is 12.8 Å². The summed E-state index contributed by atoms with van der Waals surface area (Å²) in [5.41, 5.74) is 0. The van der Waals surface area contributed by atoms with Crippen molar-refractivity contribution < 1.29 is 172 Å². The van der Waals surface area contributed by atoms with Crippen molar-refractivity contribution in [2.75, 3.05) is 13.2 Å². The summed E-state index contributed by atoms with van der Waals surface area (Å²) in [6, 6.07) is 0. The van der Waals surface area contributed by atoms with E-state index >= 15 is 0 Å². The van der Waals surface area contributed by atoms with Crippen LogP contribution in [-0.2, 0) is 4.74 Å². The summed E-state index contributed by atoms with van der Waals surface area (Å²) in [5, 5.41) is 0. The summed E-state index contributed by atoms with van der Waals surface area (Å²) in [4.78, 5) is 0. The molecule has 0 heterocycles. The predicted molar refractivity (Wildman–Crippen MR) is 111 cm³/mol. The van der Waals surface area contributed by atoms with Crippen molar-refractivity contribution in [3.63, 3.8) is 0 Å². The fourth-order valence-electron chi connectivity index (χ4n) is 3.60. The van der Waals surface area contributed by atoms with Crippen molar-refractivity contribution in [2.45, 2.75) is 120 Å². The smallest absolute Gasteiger partial charge is 0.381 e. The number of rotatable bonds is 20. The molecule has 0 aliphatic heterocycles. The first-order valence-electron chi connectivity index (χ1n) is 13.5. The Morgan fingerprint density at radius 3 is 0.459 bits per heavy atom. The Balaban J connectivity index is 6.55. The van der Waals surface area contributed by atoms with E-state index in [2.05, 4.69) is 4.74 Å². The molecule has 1 nitrogen and oxygen atoms in total. The minimum Gasteiger partial charge on any atom is -0.381 e. The highest BCUT2D eigenvalue weighted by molar-refractivity contribution is 5.18. The zero-order chi connectivity index (χ0) is 50.5. The second-order valence-corrected chi connectivity index (χ2v) is 11.6. The fourth-order valence-corrected chi connectivity index (χ4v) is 3.60. The van der Waals surface area contributed by atoms with Gasteiger partial charge in [0.2, 0.25) is 0 Å².